The first kappa shape index (κ1) is 20.5. The van der Waals surface area contributed by atoms with Crippen LogP contribution in [0, 0.1) is 13.8 Å². The van der Waals surface area contributed by atoms with Crippen molar-refractivity contribution in [3.8, 4) is 6.01 Å². The van der Waals surface area contributed by atoms with Crippen molar-refractivity contribution in [2.24, 2.45) is 0 Å². The van der Waals surface area contributed by atoms with E-state index >= 15 is 0 Å². The SMILES string of the molecule is Cc1ccc(S(=O)(=O)N2CCCC(Oc3nccc(C(F)(F)F)n3)C2)cc1C. The Kier molecular flexibility index (Phi) is 5.62. The van der Waals surface area contributed by atoms with Crippen molar-refractivity contribution in [2.75, 3.05) is 13.1 Å². The Morgan fingerprint density at radius 2 is 1.93 bits per heavy atom. The van der Waals surface area contributed by atoms with E-state index in [0.29, 0.717) is 19.4 Å². The highest BCUT2D eigenvalue weighted by molar-refractivity contribution is 7.89. The maximum absolute atomic E-state index is 12.9. The van der Waals surface area contributed by atoms with Crippen molar-refractivity contribution in [3.63, 3.8) is 0 Å². The lowest BCUT2D eigenvalue weighted by molar-refractivity contribution is -0.141. The summed E-state index contributed by atoms with van der Waals surface area (Å²) in [5.41, 5.74) is 0.747. The Morgan fingerprint density at radius 3 is 2.61 bits per heavy atom. The molecule has 1 atom stereocenters. The molecule has 0 aliphatic carbocycles. The summed E-state index contributed by atoms with van der Waals surface area (Å²) in [7, 11) is -3.73. The highest BCUT2D eigenvalue weighted by Crippen LogP contribution is 2.29. The maximum Gasteiger partial charge on any atom is 0.433 e. The van der Waals surface area contributed by atoms with Gasteiger partial charge in [0.2, 0.25) is 10.0 Å². The van der Waals surface area contributed by atoms with Crippen LogP contribution in [0.15, 0.2) is 35.4 Å². The maximum atomic E-state index is 12.9. The summed E-state index contributed by atoms with van der Waals surface area (Å²) in [6.45, 7) is 4.07. The average molecular weight is 415 g/mol. The third kappa shape index (κ3) is 4.44. The number of benzene rings is 1. The van der Waals surface area contributed by atoms with Gasteiger partial charge in [0.05, 0.1) is 11.4 Å². The molecule has 152 valence electrons. The molecule has 1 aromatic heterocycles. The molecule has 1 aliphatic rings. The lowest BCUT2D eigenvalue weighted by atomic mass is 10.1. The quantitative estimate of drug-likeness (QED) is 0.766. The third-order valence-electron chi connectivity index (χ3n) is 4.65. The van der Waals surface area contributed by atoms with Crippen molar-refractivity contribution in [3.05, 3.63) is 47.3 Å². The zero-order chi connectivity index (χ0) is 20.5. The summed E-state index contributed by atoms with van der Waals surface area (Å²) in [6, 6.07) is 5.26. The molecule has 28 heavy (non-hydrogen) atoms. The number of alkyl halides is 3. The molecule has 0 N–H and O–H groups in total. The molecule has 0 amide bonds. The fourth-order valence-electron chi connectivity index (χ4n) is 2.95. The number of piperidine rings is 1. The fourth-order valence-corrected chi connectivity index (χ4v) is 4.54. The molecule has 1 saturated heterocycles. The van der Waals surface area contributed by atoms with Crippen molar-refractivity contribution < 1.29 is 26.3 Å². The molecule has 0 bridgehead atoms. The van der Waals surface area contributed by atoms with Crippen LogP contribution in [0.1, 0.15) is 29.7 Å². The number of hydrogen-bond donors (Lipinski definition) is 0. The van der Waals surface area contributed by atoms with Crippen molar-refractivity contribution in [1.29, 1.82) is 0 Å². The lowest BCUT2D eigenvalue weighted by Crippen LogP contribution is -2.44. The van der Waals surface area contributed by atoms with Crippen LogP contribution in [-0.2, 0) is 16.2 Å². The molecule has 10 heteroatoms. The predicted molar refractivity (Wildman–Crippen MR) is 95.4 cm³/mol. The van der Waals surface area contributed by atoms with Gasteiger partial charge in [0.15, 0.2) is 5.69 Å². The van der Waals surface area contributed by atoms with Gasteiger partial charge in [-0.3, -0.25) is 0 Å². The van der Waals surface area contributed by atoms with Gasteiger partial charge < -0.3 is 4.74 Å². The third-order valence-corrected chi connectivity index (χ3v) is 6.51. The molecule has 0 spiro atoms. The summed E-state index contributed by atoms with van der Waals surface area (Å²) in [4.78, 5) is 7.28. The minimum absolute atomic E-state index is 0.0227. The molecule has 6 nitrogen and oxygen atoms in total. The first-order valence-electron chi connectivity index (χ1n) is 8.71. The monoisotopic (exact) mass is 415 g/mol. The van der Waals surface area contributed by atoms with Crippen molar-refractivity contribution >= 4 is 10.0 Å². The summed E-state index contributed by atoms with van der Waals surface area (Å²) < 4.78 is 70.9. The highest BCUT2D eigenvalue weighted by atomic mass is 32.2. The summed E-state index contributed by atoms with van der Waals surface area (Å²) in [5.74, 6) is 0. The van der Waals surface area contributed by atoms with Gasteiger partial charge in [0, 0.05) is 12.7 Å². The van der Waals surface area contributed by atoms with Gasteiger partial charge in [0.1, 0.15) is 6.10 Å². The standard InChI is InChI=1S/C18H20F3N3O3S/c1-12-5-6-15(10-13(12)2)28(25,26)24-9-3-4-14(11-24)27-17-22-8-7-16(23-17)18(19,20)21/h5-8,10,14H,3-4,9,11H2,1-2H3. The zero-order valence-corrected chi connectivity index (χ0v) is 16.2. The van der Waals surface area contributed by atoms with E-state index < -0.39 is 34.0 Å². The molecule has 0 radical (unpaired) electrons. The topological polar surface area (TPSA) is 72.4 Å². The smallest absolute Gasteiger partial charge is 0.433 e. The van der Waals surface area contributed by atoms with E-state index in [1.54, 1.807) is 18.2 Å². The lowest BCUT2D eigenvalue weighted by Gasteiger charge is -2.31. The predicted octanol–water partition coefficient (Wildman–Crippen LogP) is 3.34. The van der Waals surface area contributed by atoms with Crippen LogP contribution in [0.25, 0.3) is 0 Å². The molecule has 1 aliphatic heterocycles. The number of ether oxygens (including phenoxy) is 1. The molecule has 3 rings (SSSR count). The van der Waals surface area contributed by atoms with E-state index in [-0.39, 0.29) is 11.4 Å². The largest absolute Gasteiger partial charge is 0.459 e. The average Bonchev–Trinajstić information content (AvgIpc) is 2.63. The normalized spacial score (nSPS) is 18.8. The number of nitrogens with zero attached hydrogens (tertiary/aromatic N) is 3. The van der Waals surface area contributed by atoms with Crippen LogP contribution in [0.5, 0.6) is 6.01 Å². The van der Waals surface area contributed by atoms with Crippen LogP contribution in [0.2, 0.25) is 0 Å². The van der Waals surface area contributed by atoms with Crippen LogP contribution in [-0.4, -0.2) is 41.9 Å². The highest BCUT2D eigenvalue weighted by Gasteiger charge is 2.34. The van der Waals surface area contributed by atoms with E-state index in [1.165, 1.54) is 4.31 Å². The molecule has 1 aromatic carbocycles. The molecule has 2 heterocycles. The first-order valence-corrected chi connectivity index (χ1v) is 10.2. The number of rotatable bonds is 4. The van der Waals surface area contributed by atoms with Gasteiger partial charge in [-0.05, 0) is 56.0 Å². The second-order valence-corrected chi connectivity index (χ2v) is 8.65. The van der Waals surface area contributed by atoms with E-state index in [4.69, 9.17) is 4.74 Å². The summed E-state index contributed by atoms with van der Waals surface area (Å²) in [5, 5.41) is 0. The minimum Gasteiger partial charge on any atom is -0.459 e. The van der Waals surface area contributed by atoms with Gasteiger partial charge in [-0.15, -0.1) is 0 Å². The van der Waals surface area contributed by atoms with Gasteiger partial charge >= 0.3 is 12.2 Å². The van der Waals surface area contributed by atoms with Gasteiger partial charge in [0.25, 0.3) is 0 Å². The van der Waals surface area contributed by atoms with E-state index in [2.05, 4.69) is 9.97 Å². The van der Waals surface area contributed by atoms with Gasteiger partial charge in [-0.1, -0.05) is 6.07 Å². The minimum atomic E-state index is -4.60. The van der Waals surface area contributed by atoms with Gasteiger partial charge in [-0.2, -0.15) is 22.5 Å². The number of sulfonamides is 1. The van der Waals surface area contributed by atoms with Crippen molar-refractivity contribution in [2.45, 2.75) is 43.9 Å². The van der Waals surface area contributed by atoms with E-state index in [9.17, 15) is 21.6 Å². The Balaban J connectivity index is 1.76. The summed E-state index contributed by atoms with van der Waals surface area (Å²) >= 11 is 0. The number of halogens is 3. The van der Waals surface area contributed by atoms with Crippen LogP contribution >= 0.6 is 0 Å². The van der Waals surface area contributed by atoms with Crippen LogP contribution < -0.4 is 4.74 Å². The second-order valence-electron chi connectivity index (χ2n) is 6.71. The first-order chi connectivity index (χ1) is 13.1. The molecule has 0 saturated carbocycles. The number of aryl methyl sites for hydroxylation is 2. The molecule has 2 aromatic rings. The molecular weight excluding hydrogens is 395 g/mol. The fraction of sp³-hybridized carbons (Fsp3) is 0.444. The van der Waals surface area contributed by atoms with Crippen molar-refractivity contribution in [1.82, 2.24) is 14.3 Å². The van der Waals surface area contributed by atoms with E-state index in [0.717, 1.165) is 23.4 Å². The molecule has 1 unspecified atom stereocenters. The Labute approximate surface area is 161 Å². The second kappa shape index (κ2) is 7.67. The summed E-state index contributed by atoms with van der Waals surface area (Å²) in [6.07, 6.45) is -3.24. The molecular formula is C18H20F3N3O3S. The number of aromatic nitrogens is 2. The Hall–Kier alpha value is -2.20. The molecule has 1 fully saturated rings. The van der Waals surface area contributed by atoms with Crippen LogP contribution in [0.4, 0.5) is 13.2 Å². The Bertz CT molecular complexity index is 964. The zero-order valence-electron chi connectivity index (χ0n) is 15.4. The van der Waals surface area contributed by atoms with Crippen LogP contribution in [0.3, 0.4) is 0 Å². The van der Waals surface area contributed by atoms with Gasteiger partial charge in [-0.25, -0.2) is 13.4 Å². The number of hydrogen-bond acceptors (Lipinski definition) is 5. The van der Waals surface area contributed by atoms with E-state index in [1.807, 2.05) is 13.8 Å². The Morgan fingerprint density at radius 1 is 1.18 bits per heavy atom.